The standard InChI is InChI=1S/C7H10O2/c1-4(2)5(3)6-7(8)9-6/h5-6H,1H2,2-3H3. The molecule has 0 spiro atoms. The predicted octanol–water partition coefficient (Wildman–Crippen LogP) is 1.12. The van der Waals surface area contributed by atoms with Crippen LogP contribution < -0.4 is 0 Å². The molecule has 1 rings (SSSR count). The average Bonchev–Trinajstić information content (AvgIpc) is 2.44. The van der Waals surface area contributed by atoms with E-state index in [-0.39, 0.29) is 18.0 Å². The maximum Gasteiger partial charge on any atom is 0.348 e. The van der Waals surface area contributed by atoms with Crippen LogP contribution >= 0.6 is 0 Å². The average molecular weight is 126 g/mol. The van der Waals surface area contributed by atoms with Crippen LogP contribution in [-0.4, -0.2) is 12.1 Å². The Hall–Kier alpha value is -0.790. The minimum atomic E-state index is -0.178. The van der Waals surface area contributed by atoms with Crippen molar-refractivity contribution in [1.29, 1.82) is 0 Å². The predicted molar refractivity (Wildman–Crippen MR) is 33.9 cm³/mol. The van der Waals surface area contributed by atoms with Gasteiger partial charge in [0.25, 0.3) is 0 Å². The molecule has 0 radical (unpaired) electrons. The highest BCUT2D eigenvalue weighted by atomic mass is 16.6. The van der Waals surface area contributed by atoms with Gasteiger partial charge in [-0.2, -0.15) is 0 Å². The number of rotatable bonds is 2. The van der Waals surface area contributed by atoms with Crippen molar-refractivity contribution >= 4 is 5.97 Å². The monoisotopic (exact) mass is 126 g/mol. The molecule has 1 aliphatic rings. The van der Waals surface area contributed by atoms with E-state index in [9.17, 15) is 4.79 Å². The first kappa shape index (κ1) is 6.33. The third kappa shape index (κ3) is 1.12. The van der Waals surface area contributed by atoms with Gasteiger partial charge in [-0.05, 0) is 6.92 Å². The summed E-state index contributed by atoms with van der Waals surface area (Å²) < 4.78 is 4.64. The summed E-state index contributed by atoms with van der Waals surface area (Å²) >= 11 is 0. The van der Waals surface area contributed by atoms with Crippen molar-refractivity contribution in [1.82, 2.24) is 0 Å². The minimum absolute atomic E-state index is 0.0921. The zero-order chi connectivity index (χ0) is 7.02. The maximum absolute atomic E-state index is 10.4. The van der Waals surface area contributed by atoms with Crippen LogP contribution in [-0.2, 0) is 9.53 Å². The van der Waals surface area contributed by atoms with Gasteiger partial charge in [-0.1, -0.05) is 19.1 Å². The molecule has 0 bridgehead atoms. The molecule has 2 heteroatoms. The molecule has 0 amide bonds. The summed E-state index contributed by atoms with van der Waals surface area (Å²) in [5, 5.41) is 0. The second-order valence-electron chi connectivity index (χ2n) is 2.49. The van der Waals surface area contributed by atoms with E-state index in [1.54, 1.807) is 0 Å². The molecule has 0 aromatic rings. The van der Waals surface area contributed by atoms with Gasteiger partial charge in [-0.3, -0.25) is 0 Å². The second-order valence-corrected chi connectivity index (χ2v) is 2.49. The minimum Gasteiger partial charge on any atom is -0.447 e. The Labute approximate surface area is 54.5 Å². The van der Waals surface area contributed by atoms with Gasteiger partial charge in [0.2, 0.25) is 6.10 Å². The summed E-state index contributed by atoms with van der Waals surface area (Å²) in [4.78, 5) is 10.4. The van der Waals surface area contributed by atoms with Crippen LogP contribution in [0.4, 0.5) is 0 Å². The van der Waals surface area contributed by atoms with Crippen molar-refractivity contribution in [3.05, 3.63) is 12.2 Å². The molecule has 2 nitrogen and oxygen atoms in total. The molecule has 1 saturated heterocycles. The summed E-state index contributed by atoms with van der Waals surface area (Å²) in [5.41, 5.74) is 1.01. The molecule has 9 heavy (non-hydrogen) atoms. The van der Waals surface area contributed by atoms with Gasteiger partial charge < -0.3 is 4.74 Å². The molecule has 0 aromatic carbocycles. The molecule has 0 N–H and O–H groups in total. The van der Waals surface area contributed by atoms with Gasteiger partial charge in [-0.25, -0.2) is 4.79 Å². The maximum atomic E-state index is 10.4. The number of hydrogen-bond acceptors (Lipinski definition) is 2. The Morgan fingerprint density at radius 3 is 2.44 bits per heavy atom. The first-order valence-electron chi connectivity index (χ1n) is 2.99. The van der Waals surface area contributed by atoms with E-state index in [0.29, 0.717) is 0 Å². The van der Waals surface area contributed by atoms with Crippen LogP contribution in [0.3, 0.4) is 0 Å². The van der Waals surface area contributed by atoms with Crippen molar-refractivity contribution in [2.75, 3.05) is 0 Å². The number of cyclic esters (lactones) is 1. The topological polar surface area (TPSA) is 29.6 Å². The largest absolute Gasteiger partial charge is 0.447 e. The highest BCUT2D eigenvalue weighted by Crippen LogP contribution is 2.26. The van der Waals surface area contributed by atoms with E-state index in [1.807, 2.05) is 13.8 Å². The van der Waals surface area contributed by atoms with Crippen LogP contribution in [0.2, 0.25) is 0 Å². The smallest absolute Gasteiger partial charge is 0.348 e. The number of hydrogen-bond donors (Lipinski definition) is 0. The number of ether oxygens (including phenoxy) is 1. The fourth-order valence-electron chi connectivity index (χ4n) is 0.656. The molecule has 0 saturated carbocycles. The highest BCUT2D eigenvalue weighted by Gasteiger charge is 2.42. The van der Waals surface area contributed by atoms with Crippen LogP contribution in [0, 0.1) is 5.92 Å². The first-order chi connectivity index (χ1) is 4.13. The first-order valence-corrected chi connectivity index (χ1v) is 2.99. The normalized spacial score (nSPS) is 26.9. The lowest BCUT2D eigenvalue weighted by molar-refractivity contribution is -0.117. The summed E-state index contributed by atoms with van der Waals surface area (Å²) in [5.74, 6) is 0.1000. The van der Waals surface area contributed by atoms with Gasteiger partial charge in [0.15, 0.2) is 0 Å². The molecule has 1 fully saturated rings. The third-order valence-corrected chi connectivity index (χ3v) is 1.65. The van der Waals surface area contributed by atoms with Crippen molar-refractivity contribution in [2.24, 2.45) is 5.92 Å². The number of carbonyl (C=O) groups is 1. The molecule has 2 atom stereocenters. The Kier molecular flexibility index (Phi) is 1.31. The lowest BCUT2D eigenvalue weighted by atomic mass is 10.0. The SMILES string of the molecule is C=C(C)C(C)C1OC1=O. The molecular weight excluding hydrogens is 116 g/mol. The molecule has 1 aliphatic heterocycles. The van der Waals surface area contributed by atoms with Crippen molar-refractivity contribution in [3.8, 4) is 0 Å². The zero-order valence-electron chi connectivity index (χ0n) is 5.68. The summed E-state index contributed by atoms with van der Waals surface area (Å²) in [6.07, 6.45) is -0.178. The molecule has 2 unspecified atom stereocenters. The van der Waals surface area contributed by atoms with Gasteiger partial charge in [0, 0.05) is 5.92 Å². The quantitative estimate of drug-likeness (QED) is 0.410. The van der Waals surface area contributed by atoms with E-state index in [4.69, 9.17) is 0 Å². The fourth-order valence-corrected chi connectivity index (χ4v) is 0.656. The van der Waals surface area contributed by atoms with E-state index in [2.05, 4.69) is 11.3 Å². The van der Waals surface area contributed by atoms with Crippen molar-refractivity contribution in [3.63, 3.8) is 0 Å². The summed E-state index contributed by atoms with van der Waals surface area (Å²) in [7, 11) is 0. The molecule has 50 valence electrons. The Balaban J connectivity index is 2.45. The number of epoxide rings is 1. The summed E-state index contributed by atoms with van der Waals surface area (Å²) in [6, 6.07) is 0. The van der Waals surface area contributed by atoms with Gasteiger partial charge in [0.1, 0.15) is 0 Å². The molecule has 1 heterocycles. The van der Waals surface area contributed by atoms with Crippen LogP contribution in [0.1, 0.15) is 13.8 Å². The van der Waals surface area contributed by atoms with Gasteiger partial charge in [0.05, 0.1) is 0 Å². The van der Waals surface area contributed by atoms with Crippen molar-refractivity contribution < 1.29 is 9.53 Å². The van der Waals surface area contributed by atoms with Gasteiger partial charge in [-0.15, -0.1) is 0 Å². The molecular formula is C7H10O2. The molecule has 0 aromatic heterocycles. The van der Waals surface area contributed by atoms with Gasteiger partial charge >= 0.3 is 5.97 Å². The van der Waals surface area contributed by atoms with Crippen molar-refractivity contribution in [2.45, 2.75) is 20.0 Å². The lowest BCUT2D eigenvalue weighted by Crippen LogP contribution is -2.04. The lowest BCUT2D eigenvalue weighted by Gasteiger charge is -2.01. The fraction of sp³-hybridized carbons (Fsp3) is 0.571. The Morgan fingerprint density at radius 2 is 2.33 bits per heavy atom. The van der Waals surface area contributed by atoms with E-state index >= 15 is 0 Å². The second kappa shape index (κ2) is 1.87. The van der Waals surface area contributed by atoms with E-state index in [0.717, 1.165) is 5.57 Å². The van der Waals surface area contributed by atoms with Crippen LogP contribution in [0.25, 0.3) is 0 Å². The number of carbonyl (C=O) groups excluding carboxylic acids is 1. The third-order valence-electron chi connectivity index (χ3n) is 1.65. The zero-order valence-corrected chi connectivity index (χ0v) is 5.68. The van der Waals surface area contributed by atoms with E-state index < -0.39 is 0 Å². The summed E-state index contributed by atoms with van der Waals surface area (Å²) in [6.45, 7) is 7.56. The Bertz CT molecular complexity index is 160. The van der Waals surface area contributed by atoms with Crippen LogP contribution in [0.5, 0.6) is 0 Å². The highest BCUT2D eigenvalue weighted by molar-refractivity contribution is 5.88. The van der Waals surface area contributed by atoms with Crippen LogP contribution in [0.15, 0.2) is 12.2 Å². The van der Waals surface area contributed by atoms with E-state index in [1.165, 1.54) is 0 Å². The molecule has 0 aliphatic carbocycles. The Morgan fingerprint density at radius 1 is 1.89 bits per heavy atom.